The molecule has 0 radical (unpaired) electrons. The molecule has 0 spiro atoms. The van der Waals surface area contributed by atoms with Gasteiger partial charge < -0.3 is 16.2 Å². The summed E-state index contributed by atoms with van der Waals surface area (Å²) in [5.74, 6) is 0.0731. The maximum Gasteiger partial charge on any atom is 0.211 e. The maximum atomic E-state index is 11.6. The zero-order valence-corrected chi connectivity index (χ0v) is 13.5. The first-order valence-electron chi connectivity index (χ1n) is 7.18. The van der Waals surface area contributed by atoms with Crippen LogP contribution in [0.5, 0.6) is 0 Å². The van der Waals surface area contributed by atoms with Crippen molar-refractivity contribution in [1.82, 2.24) is 4.72 Å². The first-order valence-corrected chi connectivity index (χ1v) is 8.83. The van der Waals surface area contributed by atoms with Crippen LogP contribution in [0.25, 0.3) is 0 Å². The average molecular weight is 328 g/mol. The summed E-state index contributed by atoms with van der Waals surface area (Å²) in [7, 11) is -3.31. The first-order chi connectivity index (χ1) is 10.3. The molecule has 0 amide bonds. The van der Waals surface area contributed by atoms with Gasteiger partial charge in [-0.2, -0.15) is 0 Å². The normalized spacial score (nSPS) is 12.8. The average Bonchev–Trinajstić information content (AvgIpc) is 2.49. The third-order valence-electron chi connectivity index (χ3n) is 3.04. The number of anilines is 1. The van der Waals surface area contributed by atoms with E-state index in [1.165, 1.54) is 0 Å². The van der Waals surface area contributed by atoms with Gasteiger partial charge in [0.15, 0.2) is 0 Å². The maximum absolute atomic E-state index is 11.6. The molecule has 0 aliphatic carbocycles. The van der Waals surface area contributed by atoms with Gasteiger partial charge in [-0.25, -0.2) is 13.1 Å². The van der Waals surface area contributed by atoms with Crippen LogP contribution in [0, 0.1) is 5.41 Å². The van der Waals surface area contributed by atoms with Gasteiger partial charge in [-0.05, 0) is 30.7 Å². The minimum atomic E-state index is -3.31. The third-order valence-corrected chi connectivity index (χ3v) is 4.48. The van der Waals surface area contributed by atoms with Gasteiger partial charge in [0.1, 0.15) is 5.84 Å². The van der Waals surface area contributed by atoms with Gasteiger partial charge in [-0.15, -0.1) is 0 Å². The summed E-state index contributed by atoms with van der Waals surface area (Å²) >= 11 is 0. The Morgan fingerprint density at radius 1 is 1.32 bits per heavy atom. The number of nitrogen functional groups attached to an aromatic ring is 1. The van der Waals surface area contributed by atoms with Crippen molar-refractivity contribution in [2.75, 3.05) is 24.2 Å². The van der Waals surface area contributed by atoms with Crippen molar-refractivity contribution in [3.8, 4) is 0 Å². The standard InChI is InChI=1S/C14H24N4O3S/c1-2-3-8-22(20,21)18-10-13(19)9-17-12-6-4-11(5-7-12)14(15)16/h4-7,13,17-19H,2-3,8-10H2,1H3,(H3,15,16). The molecular weight excluding hydrogens is 304 g/mol. The number of aliphatic hydroxyl groups excluding tert-OH is 1. The van der Waals surface area contributed by atoms with Crippen LogP contribution in [0.2, 0.25) is 0 Å². The van der Waals surface area contributed by atoms with Crippen LogP contribution < -0.4 is 15.8 Å². The molecule has 0 heterocycles. The third kappa shape index (κ3) is 6.88. The first kappa shape index (κ1) is 18.4. The Labute approximate surface area is 131 Å². The van der Waals surface area contributed by atoms with E-state index in [1.807, 2.05) is 6.92 Å². The highest BCUT2D eigenvalue weighted by molar-refractivity contribution is 7.89. The van der Waals surface area contributed by atoms with E-state index in [1.54, 1.807) is 24.3 Å². The second-order valence-corrected chi connectivity index (χ2v) is 6.97. The van der Waals surface area contributed by atoms with Crippen molar-refractivity contribution in [2.24, 2.45) is 5.73 Å². The second-order valence-electron chi connectivity index (χ2n) is 5.05. The Morgan fingerprint density at radius 3 is 2.50 bits per heavy atom. The lowest BCUT2D eigenvalue weighted by atomic mass is 10.2. The van der Waals surface area contributed by atoms with Crippen molar-refractivity contribution >= 4 is 21.5 Å². The summed E-state index contributed by atoms with van der Waals surface area (Å²) in [6.45, 7) is 2.12. The molecule has 0 fully saturated rings. The van der Waals surface area contributed by atoms with Crippen molar-refractivity contribution in [1.29, 1.82) is 5.41 Å². The number of nitrogens with one attached hydrogen (secondary N) is 3. The molecule has 1 aromatic carbocycles. The van der Waals surface area contributed by atoms with Gasteiger partial charge >= 0.3 is 0 Å². The lowest BCUT2D eigenvalue weighted by Gasteiger charge is -2.14. The van der Waals surface area contributed by atoms with Crippen molar-refractivity contribution < 1.29 is 13.5 Å². The molecule has 0 saturated heterocycles. The summed E-state index contributed by atoms with van der Waals surface area (Å²) in [4.78, 5) is 0. The number of unbranched alkanes of at least 4 members (excludes halogenated alkanes) is 1. The summed E-state index contributed by atoms with van der Waals surface area (Å²) in [6, 6.07) is 6.89. The fourth-order valence-corrected chi connectivity index (χ4v) is 2.96. The van der Waals surface area contributed by atoms with E-state index in [4.69, 9.17) is 11.1 Å². The quantitative estimate of drug-likeness (QED) is 0.315. The number of hydrogen-bond donors (Lipinski definition) is 5. The summed E-state index contributed by atoms with van der Waals surface area (Å²) in [6.07, 6.45) is 0.580. The Balaban J connectivity index is 2.36. The van der Waals surface area contributed by atoms with Crippen LogP contribution in [0.4, 0.5) is 5.69 Å². The molecular formula is C14H24N4O3S. The number of benzene rings is 1. The molecule has 0 bridgehead atoms. The molecule has 1 unspecified atom stereocenters. The Morgan fingerprint density at radius 2 is 1.95 bits per heavy atom. The summed E-state index contributed by atoms with van der Waals surface area (Å²) < 4.78 is 25.6. The van der Waals surface area contributed by atoms with E-state index in [2.05, 4.69) is 10.0 Å². The van der Waals surface area contributed by atoms with Crippen LogP contribution in [0.3, 0.4) is 0 Å². The second kappa shape index (κ2) is 8.72. The zero-order chi connectivity index (χ0) is 16.6. The number of rotatable bonds is 10. The van der Waals surface area contributed by atoms with E-state index in [9.17, 15) is 13.5 Å². The molecule has 1 aromatic rings. The topological polar surface area (TPSA) is 128 Å². The molecule has 1 rings (SSSR count). The van der Waals surface area contributed by atoms with Gasteiger partial charge in [0, 0.05) is 24.3 Å². The molecule has 0 aliphatic rings. The van der Waals surface area contributed by atoms with Gasteiger partial charge in [0.2, 0.25) is 10.0 Å². The number of sulfonamides is 1. The summed E-state index contributed by atoms with van der Waals surface area (Å²) in [5.41, 5.74) is 6.74. The predicted octanol–water partition coefficient (Wildman–Crippen LogP) is 0.463. The molecule has 6 N–H and O–H groups in total. The number of amidine groups is 1. The Hall–Kier alpha value is -1.64. The zero-order valence-electron chi connectivity index (χ0n) is 12.7. The van der Waals surface area contributed by atoms with Crippen molar-refractivity contribution in [3.05, 3.63) is 29.8 Å². The lowest BCUT2D eigenvalue weighted by molar-refractivity contribution is 0.191. The molecule has 0 aliphatic heterocycles. The number of aliphatic hydroxyl groups is 1. The van der Waals surface area contributed by atoms with E-state index in [-0.39, 0.29) is 24.7 Å². The molecule has 22 heavy (non-hydrogen) atoms. The summed E-state index contributed by atoms with van der Waals surface area (Å²) in [5, 5.41) is 20.1. The van der Waals surface area contributed by atoms with Gasteiger partial charge in [-0.3, -0.25) is 5.41 Å². The highest BCUT2D eigenvalue weighted by Gasteiger charge is 2.12. The number of hydrogen-bond acceptors (Lipinski definition) is 5. The van der Waals surface area contributed by atoms with E-state index < -0.39 is 16.1 Å². The van der Waals surface area contributed by atoms with Crippen LogP contribution in [0.1, 0.15) is 25.3 Å². The van der Waals surface area contributed by atoms with Crippen LogP contribution >= 0.6 is 0 Å². The highest BCUT2D eigenvalue weighted by atomic mass is 32.2. The molecule has 0 saturated carbocycles. The lowest BCUT2D eigenvalue weighted by Crippen LogP contribution is -2.36. The Kier molecular flexibility index (Phi) is 7.30. The van der Waals surface area contributed by atoms with Crippen LogP contribution in [0.15, 0.2) is 24.3 Å². The molecule has 124 valence electrons. The molecule has 8 heteroatoms. The fourth-order valence-electron chi connectivity index (χ4n) is 1.71. The minimum Gasteiger partial charge on any atom is -0.390 e. The van der Waals surface area contributed by atoms with E-state index in [0.29, 0.717) is 12.0 Å². The predicted molar refractivity (Wildman–Crippen MR) is 88.7 cm³/mol. The van der Waals surface area contributed by atoms with E-state index >= 15 is 0 Å². The van der Waals surface area contributed by atoms with Gasteiger partial charge in [0.05, 0.1) is 11.9 Å². The minimum absolute atomic E-state index is 0.00642. The smallest absolute Gasteiger partial charge is 0.211 e. The van der Waals surface area contributed by atoms with E-state index in [0.717, 1.165) is 12.1 Å². The number of nitrogens with two attached hydrogens (primary N) is 1. The molecule has 0 aromatic heterocycles. The monoisotopic (exact) mass is 328 g/mol. The Bertz CT molecular complexity index is 572. The van der Waals surface area contributed by atoms with Gasteiger partial charge in [0.25, 0.3) is 0 Å². The van der Waals surface area contributed by atoms with Crippen LogP contribution in [-0.2, 0) is 10.0 Å². The highest BCUT2D eigenvalue weighted by Crippen LogP contribution is 2.09. The van der Waals surface area contributed by atoms with Crippen molar-refractivity contribution in [2.45, 2.75) is 25.9 Å². The fraction of sp³-hybridized carbons (Fsp3) is 0.500. The van der Waals surface area contributed by atoms with Crippen LogP contribution in [-0.4, -0.2) is 44.3 Å². The van der Waals surface area contributed by atoms with Gasteiger partial charge in [-0.1, -0.05) is 13.3 Å². The largest absolute Gasteiger partial charge is 0.390 e. The van der Waals surface area contributed by atoms with Crippen molar-refractivity contribution in [3.63, 3.8) is 0 Å². The molecule has 1 atom stereocenters. The molecule has 7 nitrogen and oxygen atoms in total. The SMILES string of the molecule is CCCCS(=O)(=O)NCC(O)CNc1ccc(C(=N)N)cc1.